The highest BCUT2D eigenvalue weighted by Crippen LogP contribution is 2.17. The molecule has 0 spiro atoms. The van der Waals surface area contributed by atoms with E-state index in [0.29, 0.717) is 24.1 Å². The zero-order chi connectivity index (χ0) is 21.3. The van der Waals surface area contributed by atoms with Gasteiger partial charge in [-0.05, 0) is 43.0 Å². The van der Waals surface area contributed by atoms with Gasteiger partial charge in [-0.3, -0.25) is 9.89 Å². The van der Waals surface area contributed by atoms with E-state index >= 15 is 0 Å². The first kappa shape index (κ1) is 27.0. The Kier molecular flexibility index (Phi) is 12.0. The summed E-state index contributed by atoms with van der Waals surface area (Å²) in [5.74, 6) is 1.30. The van der Waals surface area contributed by atoms with Gasteiger partial charge >= 0.3 is 6.18 Å². The molecule has 0 radical (unpaired) electrons. The third-order valence-electron chi connectivity index (χ3n) is 5.10. The summed E-state index contributed by atoms with van der Waals surface area (Å²) < 4.78 is 41.1. The van der Waals surface area contributed by atoms with Gasteiger partial charge in [-0.1, -0.05) is 38.1 Å². The van der Waals surface area contributed by atoms with Crippen molar-refractivity contribution in [1.82, 2.24) is 15.5 Å². The van der Waals surface area contributed by atoms with Crippen LogP contribution in [-0.2, 0) is 17.9 Å². The van der Waals surface area contributed by atoms with E-state index in [1.165, 1.54) is 12.8 Å². The van der Waals surface area contributed by atoms with Crippen LogP contribution in [0.25, 0.3) is 0 Å². The molecule has 1 heterocycles. The van der Waals surface area contributed by atoms with Crippen LogP contribution < -0.4 is 10.6 Å². The van der Waals surface area contributed by atoms with Crippen molar-refractivity contribution < 1.29 is 17.9 Å². The zero-order valence-electron chi connectivity index (χ0n) is 18.0. The Labute approximate surface area is 194 Å². The molecule has 1 atom stereocenters. The molecule has 1 aliphatic rings. The summed E-state index contributed by atoms with van der Waals surface area (Å²) in [5.41, 5.74) is 1.73. The number of nitrogens with one attached hydrogen (secondary N) is 2. The van der Waals surface area contributed by atoms with Gasteiger partial charge < -0.3 is 15.4 Å². The van der Waals surface area contributed by atoms with Crippen molar-refractivity contribution >= 4 is 29.9 Å². The molecule has 1 unspecified atom stereocenters. The van der Waals surface area contributed by atoms with E-state index < -0.39 is 12.8 Å². The van der Waals surface area contributed by atoms with E-state index in [1.54, 1.807) is 19.2 Å². The Morgan fingerprint density at radius 3 is 2.23 bits per heavy atom. The molecule has 30 heavy (non-hydrogen) atoms. The summed E-state index contributed by atoms with van der Waals surface area (Å²) in [4.78, 5) is 6.84. The van der Waals surface area contributed by atoms with E-state index in [0.717, 1.165) is 31.2 Å². The second kappa shape index (κ2) is 13.4. The second-order valence-corrected chi connectivity index (χ2v) is 7.79. The van der Waals surface area contributed by atoms with Crippen molar-refractivity contribution in [2.24, 2.45) is 10.9 Å². The number of hydrogen-bond donors (Lipinski definition) is 2. The average Bonchev–Trinajstić information content (AvgIpc) is 3.18. The van der Waals surface area contributed by atoms with E-state index in [2.05, 4.69) is 39.1 Å². The molecule has 0 bridgehead atoms. The number of alkyl halides is 3. The molecule has 9 heteroatoms. The Bertz CT molecular complexity index is 632. The lowest BCUT2D eigenvalue weighted by atomic mass is 10.0. The maximum Gasteiger partial charge on any atom is 0.411 e. The van der Waals surface area contributed by atoms with E-state index in [-0.39, 0.29) is 30.6 Å². The number of likely N-dealkylation sites (tertiary alicyclic amines) is 1. The minimum Gasteiger partial charge on any atom is -0.367 e. The number of ether oxygens (including phenoxy) is 1. The van der Waals surface area contributed by atoms with Crippen LogP contribution in [0.5, 0.6) is 0 Å². The van der Waals surface area contributed by atoms with Crippen molar-refractivity contribution in [2.75, 3.05) is 33.3 Å². The van der Waals surface area contributed by atoms with Gasteiger partial charge in [0.15, 0.2) is 5.96 Å². The summed E-state index contributed by atoms with van der Waals surface area (Å²) in [7, 11) is 1.75. The summed E-state index contributed by atoms with van der Waals surface area (Å²) in [6, 6.07) is 7.81. The normalized spacial score (nSPS) is 16.4. The number of aliphatic imine (C=N–C) groups is 1. The smallest absolute Gasteiger partial charge is 0.367 e. The van der Waals surface area contributed by atoms with Gasteiger partial charge in [0.05, 0.1) is 6.61 Å². The van der Waals surface area contributed by atoms with Crippen LogP contribution in [0.3, 0.4) is 0 Å². The summed E-state index contributed by atoms with van der Waals surface area (Å²) in [6.45, 7) is 6.97. The van der Waals surface area contributed by atoms with Crippen LogP contribution in [0.2, 0.25) is 0 Å². The van der Waals surface area contributed by atoms with Crippen molar-refractivity contribution in [1.29, 1.82) is 0 Å². The van der Waals surface area contributed by atoms with E-state index in [4.69, 9.17) is 0 Å². The maximum atomic E-state index is 12.1. The molecule has 172 valence electrons. The van der Waals surface area contributed by atoms with Gasteiger partial charge in [0, 0.05) is 26.2 Å². The largest absolute Gasteiger partial charge is 0.411 e. The number of guanidine groups is 1. The third-order valence-corrected chi connectivity index (χ3v) is 5.10. The first-order chi connectivity index (χ1) is 13.8. The van der Waals surface area contributed by atoms with Gasteiger partial charge in [-0.15, -0.1) is 24.0 Å². The molecule has 1 saturated heterocycles. The first-order valence-electron chi connectivity index (χ1n) is 10.2. The number of benzene rings is 1. The minimum absolute atomic E-state index is 0. The van der Waals surface area contributed by atoms with Gasteiger partial charge in [0.2, 0.25) is 0 Å². The number of hydrogen-bond acceptors (Lipinski definition) is 3. The van der Waals surface area contributed by atoms with Crippen LogP contribution in [-0.4, -0.2) is 56.4 Å². The molecule has 0 amide bonds. The molecule has 2 rings (SSSR count). The standard InChI is InChI=1S/C21H33F3N4O.HI/c1-16(2)19(28-10-4-5-11-28)13-27-20(25-3)26-12-17-6-8-18(9-7-17)14-29-15-21(22,23)24;/h6-9,16,19H,4-5,10-15H2,1-3H3,(H2,25,26,27);1H. The first-order valence-corrected chi connectivity index (χ1v) is 10.2. The second-order valence-electron chi connectivity index (χ2n) is 7.79. The summed E-state index contributed by atoms with van der Waals surface area (Å²) in [6.07, 6.45) is -1.75. The van der Waals surface area contributed by atoms with Gasteiger partial charge in [-0.25, -0.2) is 0 Å². The summed E-state index contributed by atoms with van der Waals surface area (Å²) >= 11 is 0. The molecule has 1 aromatic carbocycles. The molecule has 0 aromatic heterocycles. The van der Waals surface area contributed by atoms with Gasteiger partial charge in [-0.2, -0.15) is 13.2 Å². The monoisotopic (exact) mass is 542 g/mol. The highest BCUT2D eigenvalue weighted by Gasteiger charge is 2.27. The third kappa shape index (κ3) is 9.82. The molecule has 1 aliphatic heterocycles. The van der Waals surface area contributed by atoms with Crippen LogP contribution in [0, 0.1) is 5.92 Å². The van der Waals surface area contributed by atoms with Gasteiger partial charge in [0.25, 0.3) is 0 Å². The Hall–Kier alpha value is -1.07. The lowest BCUT2D eigenvalue weighted by molar-refractivity contribution is -0.176. The molecular weight excluding hydrogens is 508 g/mol. The molecule has 5 nitrogen and oxygen atoms in total. The topological polar surface area (TPSA) is 48.9 Å². The average molecular weight is 542 g/mol. The Balaban J connectivity index is 0.00000450. The predicted octanol–water partition coefficient (Wildman–Crippen LogP) is 4.17. The Morgan fingerprint density at radius 2 is 1.70 bits per heavy atom. The molecule has 2 N–H and O–H groups in total. The summed E-state index contributed by atoms with van der Waals surface area (Å²) in [5, 5.41) is 6.72. The zero-order valence-corrected chi connectivity index (χ0v) is 20.3. The fraction of sp³-hybridized carbons (Fsp3) is 0.667. The molecule has 1 fully saturated rings. The molecular formula is C21H34F3IN4O. The van der Waals surface area contributed by atoms with Crippen molar-refractivity contribution in [3.8, 4) is 0 Å². The van der Waals surface area contributed by atoms with Crippen molar-refractivity contribution in [3.63, 3.8) is 0 Å². The highest BCUT2D eigenvalue weighted by molar-refractivity contribution is 14.0. The van der Waals surface area contributed by atoms with Gasteiger partial charge in [0.1, 0.15) is 6.61 Å². The molecule has 0 aliphatic carbocycles. The van der Waals surface area contributed by atoms with E-state index in [9.17, 15) is 13.2 Å². The van der Waals surface area contributed by atoms with Crippen LogP contribution >= 0.6 is 24.0 Å². The lowest BCUT2D eigenvalue weighted by Crippen LogP contribution is -2.48. The fourth-order valence-corrected chi connectivity index (χ4v) is 3.51. The number of nitrogens with zero attached hydrogens (tertiary/aromatic N) is 2. The minimum atomic E-state index is -4.30. The SMILES string of the molecule is CN=C(NCc1ccc(COCC(F)(F)F)cc1)NCC(C(C)C)N1CCCC1.I. The Morgan fingerprint density at radius 1 is 1.10 bits per heavy atom. The van der Waals surface area contributed by atoms with Crippen LogP contribution in [0.1, 0.15) is 37.8 Å². The maximum absolute atomic E-state index is 12.1. The quantitative estimate of drug-likeness (QED) is 0.280. The van der Waals surface area contributed by atoms with Crippen molar-refractivity contribution in [2.45, 2.75) is 52.1 Å². The highest BCUT2D eigenvalue weighted by atomic mass is 127. The van der Waals surface area contributed by atoms with E-state index in [1.807, 2.05) is 12.1 Å². The van der Waals surface area contributed by atoms with Crippen molar-refractivity contribution in [3.05, 3.63) is 35.4 Å². The molecule has 0 saturated carbocycles. The lowest BCUT2D eigenvalue weighted by Gasteiger charge is -2.31. The van der Waals surface area contributed by atoms with Crippen LogP contribution in [0.15, 0.2) is 29.3 Å². The fourth-order valence-electron chi connectivity index (χ4n) is 3.51. The number of rotatable bonds is 9. The van der Waals surface area contributed by atoms with Crippen LogP contribution in [0.4, 0.5) is 13.2 Å². The molecule has 1 aromatic rings. The predicted molar refractivity (Wildman–Crippen MR) is 125 cm³/mol. The number of halogens is 4.